The van der Waals surface area contributed by atoms with E-state index in [1.54, 1.807) is 6.20 Å². The van der Waals surface area contributed by atoms with Gasteiger partial charge in [-0.2, -0.15) is 0 Å². The van der Waals surface area contributed by atoms with Gasteiger partial charge in [0.15, 0.2) is 0 Å². The summed E-state index contributed by atoms with van der Waals surface area (Å²) in [5, 5.41) is 7.32. The van der Waals surface area contributed by atoms with Crippen LogP contribution in [-0.2, 0) is 0 Å². The third-order valence-electron chi connectivity index (χ3n) is 4.55. The molecule has 0 radical (unpaired) electrons. The van der Waals surface area contributed by atoms with Crippen LogP contribution >= 0.6 is 11.6 Å². The van der Waals surface area contributed by atoms with Crippen molar-refractivity contribution in [3.8, 4) is 0 Å². The van der Waals surface area contributed by atoms with Gasteiger partial charge in [-0.15, -0.1) is 0 Å². The molecule has 2 aromatic rings. The zero-order chi connectivity index (χ0) is 15.9. The van der Waals surface area contributed by atoms with Crippen LogP contribution < -0.4 is 15.5 Å². The molecule has 2 aliphatic rings. The number of piperidine rings is 1. The van der Waals surface area contributed by atoms with E-state index in [1.165, 1.54) is 0 Å². The van der Waals surface area contributed by atoms with E-state index in [0.29, 0.717) is 10.6 Å². The van der Waals surface area contributed by atoms with E-state index in [2.05, 4.69) is 20.5 Å². The summed E-state index contributed by atoms with van der Waals surface area (Å²) in [4.78, 5) is 18.9. The van der Waals surface area contributed by atoms with Gasteiger partial charge in [-0.3, -0.25) is 4.79 Å². The molecule has 0 bridgehead atoms. The summed E-state index contributed by atoms with van der Waals surface area (Å²) < 4.78 is 0. The van der Waals surface area contributed by atoms with Crippen LogP contribution in [0.25, 0.3) is 0 Å². The number of aromatic nitrogens is 1. The van der Waals surface area contributed by atoms with E-state index in [4.69, 9.17) is 11.6 Å². The van der Waals surface area contributed by atoms with Crippen LogP contribution in [0.5, 0.6) is 0 Å². The lowest BCUT2D eigenvalue weighted by Crippen LogP contribution is -2.62. The molecule has 2 aliphatic heterocycles. The Hall–Kier alpha value is -2.27. The van der Waals surface area contributed by atoms with E-state index in [-0.39, 0.29) is 11.6 Å². The minimum Gasteiger partial charge on any atom is -0.362 e. The lowest BCUT2D eigenvalue weighted by molar-refractivity contribution is 0.0885. The van der Waals surface area contributed by atoms with Gasteiger partial charge in [-0.25, -0.2) is 4.98 Å². The van der Waals surface area contributed by atoms with Crippen LogP contribution in [0.3, 0.4) is 0 Å². The van der Waals surface area contributed by atoms with Gasteiger partial charge in [0.1, 0.15) is 11.5 Å². The number of benzene rings is 1. The number of carbonyl (C=O) groups excluding carboxylic acids is 1. The number of nitrogens with one attached hydrogen (secondary N) is 2. The predicted molar refractivity (Wildman–Crippen MR) is 91.0 cm³/mol. The molecule has 3 heterocycles. The van der Waals surface area contributed by atoms with Crippen molar-refractivity contribution >= 4 is 29.0 Å². The summed E-state index contributed by atoms with van der Waals surface area (Å²) in [7, 11) is 0. The van der Waals surface area contributed by atoms with Crippen LogP contribution in [-0.4, -0.2) is 29.6 Å². The summed E-state index contributed by atoms with van der Waals surface area (Å²) in [5.74, 6) is 0.801. The summed E-state index contributed by atoms with van der Waals surface area (Å²) >= 11 is 6.24. The van der Waals surface area contributed by atoms with Gasteiger partial charge in [0.2, 0.25) is 0 Å². The number of para-hydroxylation sites is 1. The largest absolute Gasteiger partial charge is 0.362 e. The number of rotatable bonds is 1. The molecule has 1 saturated heterocycles. The highest BCUT2D eigenvalue weighted by molar-refractivity contribution is 6.32. The molecular weight excluding hydrogens is 312 g/mol. The van der Waals surface area contributed by atoms with Crippen molar-refractivity contribution in [3.63, 3.8) is 0 Å². The van der Waals surface area contributed by atoms with Crippen molar-refractivity contribution in [1.82, 2.24) is 10.3 Å². The summed E-state index contributed by atoms with van der Waals surface area (Å²) in [5.41, 5.74) is 1.22. The average molecular weight is 329 g/mol. The maximum Gasteiger partial charge on any atom is 0.255 e. The molecule has 2 N–H and O–H groups in total. The molecule has 1 spiro atoms. The van der Waals surface area contributed by atoms with Crippen LogP contribution in [0.1, 0.15) is 23.2 Å². The highest BCUT2D eigenvalue weighted by Gasteiger charge is 2.40. The van der Waals surface area contributed by atoms with Crippen molar-refractivity contribution in [2.75, 3.05) is 23.3 Å². The van der Waals surface area contributed by atoms with Crippen molar-refractivity contribution in [2.45, 2.75) is 18.5 Å². The molecule has 4 rings (SSSR count). The highest BCUT2D eigenvalue weighted by Crippen LogP contribution is 2.33. The minimum atomic E-state index is -0.386. The fourth-order valence-corrected chi connectivity index (χ4v) is 3.57. The third-order valence-corrected chi connectivity index (χ3v) is 4.85. The molecule has 1 fully saturated rings. The van der Waals surface area contributed by atoms with Crippen molar-refractivity contribution < 1.29 is 4.79 Å². The Morgan fingerprint density at radius 1 is 1.09 bits per heavy atom. The molecule has 0 unspecified atom stereocenters. The van der Waals surface area contributed by atoms with Crippen LogP contribution in [0.15, 0.2) is 42.6 Å². The van der Waals surface area contributed by atoms with Crippen LogP contribution in [0.2, 0.25) is 5.02 Å². The molecule has 118 valence electrons. The highest BCUT2D eigenvalue weighted by atomic mass is 35.5. The first-order valence-electron chi connectivity index (χ1n) is 7.72. The van der Waals surface area contributed by atoms with E-state index in [1.807, 2.05) is 36.4 Å². The second-order valence-corrected chi connectivity index (χ2v) is 6.41. The average Bonchev–Trinajstić information content (AvgIpc) is 2.56. The number of halogens is 1. The predicted octanol–water partition coefficient (Wildman–Crippen LogP) is 2.89. The Morgan fingerprint density at radius 3 is 2.65 bits per heavy atom. The van der Waals surface area contributed by atoms with Crippen molar-refractivity contribution in [3.05, 3.63) is 53.2 Å². The molecule has 5 nitrogen and oxygen atoms in total. The molecule has 1 aromatic heterocycles. The number of nitrogens with zero attached hydrogens (tertiary/aromatic N) is 2. The fraction of sp³-hybridized carbons (Fsp3) is 0.294. The Morgan fingerprint density at radius 2 is 1.87 bits per heavy atom. The SMILES string of the molecule is O=C1NC2(CCN(c3ncccc3Cl)CC2)Nc2ccccc21. The smallest absolute Gasteiger partial charge is 0.255 e. The molecule has 6 heteroatoms. The number of anilines is 2. The molecule has 0 saturated carbocycles. The first-order chi connectivity index (χ1) is 11.2. The zero-order valence-corrected chi connectivity index (χ0v) is 13.3. The minimum absolute atomic E-state index is 0.0105. The summed E-state index contributed by atoms with van der Waals surface area (Å²) in [6.07, 6.45) is 3.34. The summed E-state index contributed by atoms with van der Waals surface area (Å²) in [6, 6.07) is 11.3. The Bertz CT molecular complexity index is 756. The van der Waals surface area contributed by atoms with E-state index < -0.39 is 0 Å². The first kappa shape index (κ1) is 14.3. The number of carbonyl (C=O) groups is 1. The van der Waals surface area contributed by atoms with Gasteiger partial charge in [0.05, 0.1) is 10.6 Å². The van der Waals surface area contributed by atoms with Gasteiger partial charge in [-0.1, -0.05) is 23.7 Å². The lowest BCUT2D eigenvalue weighted by atomic mass is 9.92. The van der Waals surface area contributed by atoms with Crippen molar-refractivity contribution in [2.24, 2.45) is 0 Å². The van der Waals surface area contributed by atoms with Crippen molar-refractivity contribution in [1.29, 1.82) is 0 Å². The monoisotopic (exact) mass is 328 g/mol. The van der Waals surface area contributed by atoms with Gasteiger partial charge in [0, 0.05) is 37.8 Å². The molecule has 0 atom stereocenters. The quantitative estimate of drug-likeness (QED) is 0.845. The summed E-state index contributed by atoms with van der Waals surface area (Å²) in [6.45, 7) is 1.57. The number of amides is 1. The second-order valence-electron chi connectivity index (χ2n) is 6.00. The molecular formula is C17H17ClN4O. The van der Waals surface area contributed by atoms with Crippen LogP contribution in [0, 0.1) is 0 Å². The standard InChI is InChI=1S/C17H17ClN4O/c18-13-5-3-9-19-15(13)22-10-7-17(8-11-22)20-14-6-2-1-4-12(14)16(23)21-17/h1-6,9,20H,7-8,10-11H2,(H,21,23). The van der Waals surface area contributed by atoms with Gasteiger partial charge < -0.3 is 15.5 Å². The molecule has 23 heavy (non-hydrogen) atoms. The van der Waals surface area contributed by atoms with Gasteiger partial charge in [-0.05, 0) is 24.3 Å². The van der Waals surface area contributed by atoms with E-state index in [9.17, 15) is 4.79 Å². The van der Waals surface area contributed by atoms with Crippen LogP contribution in [0.4, 0.5) is 11.5 Å². The Balaban J connectivity index is 1.54. The van der Waals surface area contributed by atoms with Gasteiger partial charge >= 0.3 is 0 Å². The maximum absolute atomic E-state index is 12.4. The van der Waals surface area contributed by atoms with E-state index >= 15 is 0 Å². The van der Waals surface area contributed by atoms with Gasteiger partial charge in [0.25, 0.3) is 5.91 Å². The number of fused-ring (bicyclic) bond motifs is 1. The topological polar surface area (TPSA) is 57.3 Å². The second kappa shape index (κ2) is 5.42. The zero-order valence-electron chi connectivity index (χ0n) is 12.6. The Kier molecular flexibility index (Phi) is 3.38. The molecule has 1 amide bonds. The lowest BCUT2D eigenvalue weighted by Gasteiger charge is -2.46. The number of pyridine rings is 1. The molecule has 0 aliphatic carbocycles. The normalized spacial score (nSPS) is 19.0. The third kappa shape index (κ3) is 2.51. The van der Waals surface area contributed by atoms with E-state index in [0.717, 1.165) is 37.4 Å². The Labute approximate surface area is 139 Å². The number of hydrogen-bond acceptors (Lipinski definition) is 4. The molecule has 1 aromatic carbocycles. The first-order valence-corrected chi connectivity index (χ1v) is 8.10. The number of hydrogen-bond donors (Lipinski definition) is 2. The fourth-order valence-electron chi connectivity index (χ4n) is 3.32. The maximum atomic E-state index is 12.4.